The van der Waals surface area contributed by atoms with Crippen molar-refractivity contribution in [2.75, 3.05) is 0 Å². The van der Waals surface area contributed by atoms with Gasteiger partial charge in [-0.3, -0.25) is 9.36 Å². The lowest BCUT2D eigenvalue weighted by Gasteiger charge is -2.10. The zero-order chi connectivity index (χ0) is 15.0. The number of aromatic nitrogens is 1. The third kappa shape index (κ3) is 2.21. The highest BCUT2D eigenvalue weighted by atomic mass is 16.4. The number of pyridine rings is 1. The maximum atomic E-state index is 12.6. The Morgan fingerprint density at radius 3 is 2.24 bits per heavy atom. The Morgan fingerprint density at radius 1 is 1.00 bits per heavy atom. The van der Waals surface area contributed by atoms with Gasteiger partial charge in [-0.05, 0) is 25.1 Å². The van der Waals surface area contributed by atoms with E-state index in [1.165, 1.54) is 10.8 Å². The van der Waals surface area contributed by atoms with Crippen LogP contribution in [-0.2, 0) is 0 Å². The molecule has 0 spiro atoms. The molecule has 1 N–H and O–H groups in total. The number of aryl methyl sites for hydroxylation is 1. The smallest absolute Gasteiger partial charge is 0.337 e. The monoisotopic (exact) mass is 279 g/mol. The van der Waals surface area contributed by atoms with Crippen molar-refractivity contribution < 1.29 is 9.90 Å². The van der Waals surface area contributed by atoms with E-state index in [4.69, 9.17) is 0 Å². The van der Waals surface area contributed by atoms with Gasteiger partial charge in [-0.15, -0.1) is 0 Å². The van der Waals surface area contributed by atoms with Gasteiger partial charge in [0.2, 0.25) is 0 Å². The van der Waals surface area contributed by atoms with Crippen molar-refractivity contribution in [3.63, 3.8) is 0 Å². The van der Waals surface area contributed by atoms with Gasteiger partial charge in [-0.1, -0.05) is 35.9 Å². The SMILES string of the molecule is Cc1ccc(-n2cc(C(=O)O)c3ccccc3c2=O)cc1. The summed E-state index contributed by atoms with van der Waals surface area (Å²) in [6.45, 7) is 1.95. The number of nitrogens with zero attached hydrogens (tertiary/aromatic N) is 1. The van der Waals surface area contributed by atoms with Crippen LogP contribution in [0.1, 0.15) is 15.9 Å². The molecule has 0 aliphatic heterocycles. The Kier molecular flexibility index (Phi) is 3.06. The van der Waals surface area contributed by atoms with Crippen LogP contribution in [0.4, 0.5) is 0 Å². The number of hydrogen-bond acceptors (Lipinski definition) is 2. The minimum atomic E-state index is -1.05. The molecule has 4 heteroatoms. The molecule has 3 aromatic rings. The Bertz CT molecular complexity index is 892. The molecule has 0 radical (unpaired) electrons. The minimum absolute atomic E-state index is 0.116. The fraction of sp³-hybridized carbons (Fsp3) is 0.0588. The van der Waals surface area contributed by atoms with Crippen molar-refractivity contribution in [2.45, 2.75) is 6.92 Å². The molecule has 0 unspecified atom stereocenters. The van der Waals surface area contributed by atoms with Gasteiger partial charge in [0, 0.05) is 22.7 Å². The minimum Gasteiger partial charge on any atom is -0.478 e. The van der Waals surface area contributed by atoms with E-state index in [9.17, 15) is 14.7 Å². The van der Waals surface area contributed by atoms with E-state index in [0.29, 0.717) is 16.5 Å². The lowest BCUT2D eigenvalue weighted by atomic mass is 10.1. The van der Waals surface area contributed by atoms with E-state index in [-0.39, 0.29) is 11.1 Å². The first-order valence-electron chi connectivity index (χ1n) is 6.52. The first-order chi connectivity index (χ1) is 10.1. The van der Waals surface area contributed by atoms with Gasteiger partial charge in [-0.2, -0.15) is 0 Å². The van der Waals surface area contributed by atoms with Crippen molar-refractivity contribution in [3.05, 3.63) is 76.2 Å². The molecular formula is C17H13NO3. The van der Waals surface area contributed by atoms with Crippen LogP contribution in [0.5, 0.6) is 0 Å². The normalized spacial score (nSPS) is 10.7. The summed E-state index contributed by atoms with van der Waals surface area (Å²) in [7, 11) is 0. The van der Waals surface area contributed by atoms with Crippen molar-refractivity contribution in [1.29, 1.82) is 0 Å². The van der Waals surface area contributed by atoms with Gasteiger partial charge in [0.05, 0.1) is 5.56 Å². The molecule has 0 bridgehead atoms. The third-order valence-corrected chi connectivity index (χ3v) is 3.47. The van der Waals surface area contributed by atoms with E-state index in [1.54, 1.807) is 36.4 Å². The topological polar surface area (TPSA) is 59.3 Å². The Morgan fingerprint density at radius 2 is 1.62 bits per heavy atom. The molecule has 3 rings (SSSR count). The average molecular weight is 279 g/mol. The summed E-state index contributed by atoms with van der Waals surface area (Å²) in [5, 5.41) is 10.2. The summed E-state index contributed by atoms with van der Waals surface area (Å²) in [5.74, 6) is -1.05. The number of carboxylic acids is 1. The van der Waals surface area contributed by atoms with Gasteiger partial charge in [0.1, 0.15) is 0 Å². The first-order valence-corrected chi connectivity index (χ1v) is 6.52. The molecular weight excluding hydrogens is 266 g/mol. The van der Waals surface area contributed by atoms with Crippen LogP contribution in [-0.4, -0.2) is 15.6 Å². The highest BCUT2D eigenvalue weighted by Crippen LogP contribution is 2.17. The molecule has 21 heavy (non-hydrogen) atoms. The van der Waals surface area contributed by atoms with E-state index in [1.807, 2.05) is 19.1 Å². The molecule has 0 aliphatic rings. The summed E-state index contributed by atoms with van der Waals surface area (Å²) in [5.41, 5.74) is 1.62. The predicted octanol–water partition coefficient (Wildman–Crippen LogP) is 3.00. The number of rotatable bonds is 2. The number of carboxylic acid groups (broad SMARTS) is 1. The van der Waals surface area contributed by atoms with E-state index >= 15 is 0 Å². The lowest BCUT2D eigenvalue weighted by molar-refractivity contribution is 0.0698. The zero-order valence-electron chi connectivity index (χ0n) is 11.4. The van der Waals surface area contributed by atoms with Crippen molar-refractivity contribution in [3.8, 4) is 5.69 Å². The van der Waals surface area contributed by atoms with Crippen LogP contribution in [0.15, 0.2) is 59.5 Å². The molecule has 1 aromatic heterocycles. The van der Waals surface area contributed by atoms with Gasteiger partial charge in [-0.25, -0.2) is 4.79 Å². The number of hydrogen-bond donors (Lipinski definition) is 1. The summed E-state index contributed by atoms with van der Waals surface area (Å²) in [6.07, 6.45) is 1.39. The number of benzene rings is 2. The van der Waals surface area contributed by atoms with E-state index < -0.39 is 5.97 Å². The molecule has 104 valence electrons. The van der Waals surface area contributed by atoms with Crippen LogP contribution in [0, 0.1) is 6.92 Å². The highest BCUT2D eigenvalue weighted by Gasteiger charge is 2.14. The molecule has 0 atom stereocenters. The molecule has 2 aromatic carbocycles. The van der Waals surface area contributed by atoms with Crippen LogP contribution >= 0.6 is 0 Å². The molecule has 1 heterocycles. The number of fused-ring (bicyclic) bond motifs is 1. The van der Waals surface area contributed by atoms with Crippen LogP contribution in [0.3, 0.4) is 0 Å². The second-order valence-electron chi connectivity index (χ2n) is 4.90. The van der Waals surface area contributed by atoms with Crippen molar-refractivity contribution in [2.24, 2.45) is 0 Å². The van der Waals surface area contributed by atoms with Gasteiger partial charge in [0.15, 0.2) is 0 Å². The second-order valence-corrected chi connectivity index (χ2v) is 4.90. The Balaban J connectivity index is 2.39. The first kappa shape index (κ1) is 13.1. The maximum absolute atomic E-state index is 12.6. The van der Waals surface area contributed by atoms with Crippen LogP contribution < -0.4 is 5.56 Å². The second kappa shape index (κ2) is 4.90. The lowest BCUT2D eigenvalue weighted by Crippen LogP contribution is -2.20. The summed E-state index contributed by atoms with van der Waals surface area (Å²) in [4.78, 5) is 24.0. The summed E-state index contributed by atoms with van der Waals surface area (Å²) >= 11 is 0. The standard InChI is InChI=1S/C17H13NO3/c1-11-6-8-12(9-7-11)18-10-15(17(20)21)13-4-2-3-5-14(13)16(18)19/h2-10H,1H3,(H,20,21). The molecule has 0 saturated heterocycles. The molecule has 0 aliphatic carbocycles. The van der Waals surface area contributed by atoms with Crippen LogP contribution in [0.25, 0.3) is 16.5 Å². The zero-order valence-corrected chi connectivity index (χ0v) is 11.4. The highest BCUT2D eigenvalue weighted by molar-refractivity contribution is 6.03. The Labute approximate surface area is 120 Å². The largest absolute Gasteiger partial charge is 0.478 e. The van der Waals surface area contributed by atoms with Gasteiger partial charge >= 0.3 is 5.97 Å². The molecule has 0 amide bonds. The van der Waals surface area contributed by atoms with E-state index in [2.05, 4.69) is 0 Å². The van der Waals surface area contributed by atoms with E-state index in [0.717, 1.165) is 5.56 Å². The van der Waals surface area contributed by atoms with Crippen molar-refractivity contribution >= 4 is 16.7 Å². The fourth-order valence-corrected chi connectivity index (χ4v) is 2.36. The average Bonchev–Trinajstić information content (AvgIpc) is 2.49. The fourth-order valence-electron chi connectivity index (χ4n) is 2.36. The molecule has 0 fully saturated rings. The predicted molar refractivity (Wildman–Crippen MR) is 81.2 cm³/mol. The summed E-state index contributed by atoms with van der Waals surface area (Å²) < 4.78 is 1.38. The molecule has 4 nitrogen and oxygen atoms in total. The van der Waals surface area contributed by atoms with Gasteiger partial charge < -0.3 is 5.11 Å². The summed E-state index contributed by atoms with van der Waals surface area (Å²) in [6, 6.07) is 14.1. The Hall–Kier alpha value is -2.88. The van der Waals surface area contributed by atoms with Gasteiger partial charge in [0.25, 0.3) is 5.56 Å². The maximum Gasteiger partial charge on any atom is 0.337 e. The quantitative estimate of drug-likeness (QED) is 0.784. The van der Waals surface area contributed by atoms with Crippen molar-refractivity contribution in [1.82, 2.24) is 4.57 Å². The molecule has 0 saturated carbocycles. The third-order valence-electron chi connectivity index (χ3n) is 3.47. The number of carbonyl (C=O) groups is 1. The van der Waals surface area contributed by atoms with Crippen LogP contribution in [0.2, 0.25) is 0 Å². The number of aromatic carboxylic acids is 1.